The van der Waals surface area contributed by atoms with Gasteiger partial charge in [-0.1, -0.05) is 27.7 Å². The molecule has 0 spiro atoms. The molecule has 4 heteroatoms. The molecule has 0 amide bonds. The van der Waals surface area contributed by atoms with Crippen molar-refractivity contribution in [3.05, 3.63) is 46.0 Å². The third-order valence-corrected chi connectivity index (χ3v) is 3.69. The van der Waals surface area contributed by atoms with Crippen LogP contribution < -0.4 is 5.56 Å². The molecule has 0 unspecified atom stereocenters. The average Bonchev–Trinajstić information content (AvgIpc) is 2.41. The summed E-state index contributed by atoms with van der Waals surface area (Å²) in [6.07, 6.45) is 4.64. The molecule has 0 fully saturated rings. The maximum absolute atomic E-state index is 12.5. The van der Waals surface area contributed by atoms with E-state index >= 15 is 0 Å². The summed E-state index contributed by atoms with van der Waals surface area (Å²) < 4.78 is 1.64. The summed E-state index contributed by atoms with van der Waals surface area (Å²) in [6.45, 7) is 10.2. The third kappa shape index (κ3) is 3.50. The first-order valence-corrected chi connectivity index (χ1v) is 7.52. The van der Waals surface area contributed by atoms with Crippen molar-refractivity contribution in [2.24, 2.45) is 0 Å². The summed E-state index contributed by atoms with van der Waals surface area (Å²) in [6, 6.07) is 4.01. The van der Waals surface area contributed by atoms with Gasteiger partial charge in [0.15, 0.2) is 0 Å². The SMILES string of the molecule is CCCN(C)Cc1cnc2cc(C(C)(C)C)ccn2c1=O. The molecule has 0 aromatic carbocycles. The first-order chi connectivity index (χ1) is 9.82. The highest BCUT2D eigenvalue weighted by Crippen LogP contribution is 2.22. The average molecular weight is 287 g/mol. The summed E-state index contributed by atoms with van der Waals surface area (Å²) in [5, 5.41) is 0. The molecule has 2 heterocycles. The van der Waals surface area contributed by atoms with Gasteiger partial charge < -0.3 is 4.90 Å². The summed E-state index contributed by atoms with van der Waals surface area (Å²) >= 11 is 0. The molecule has 4 nitrogen and oxygen atoms in total. The van der Waals surface area contributed by atoms with Crippen LogP contribution >= 0.6 is 0 Å². The monoisotopic (exact) mass is 287 g/mol. The van der Waals surface area contributed by atoms with Crippen molar-refractivity contribution in [2.45, 2.75) is 46.1 Å². The van der Waals surface area contributed by atoms with Crippen molar-refractivity contribution in [1.82, 2.24) is 14.3 Å². The van der Waals surface area contributed by atoms with Gasteiger partial charge in [0.1, 0.15) is 5.65 Å². The predicted molar refractivity (Wildman–Crippen MR) is 86.8 cm³/mol. The molecule has 2 aromatic heterocycles. The Balaban J connectivity index is 2.42. The number of hydrogen-bond acceptors (Lipinski definition) is 3. The molecule has 0 atom stereocenters. The predicted octanol–water partition coefficient (Wildman–Crippen LogP) is 2.83. The highest BCUT2D eigenvalue weighted by Gasteiger charge is 2.15. The van der Waals surface area contributed by atoms with Gasteiger partial charge in [-0.2, -0.15) is 0 Å². The molecule has 0 saturated carbocycles. The van der Waals surface area contributed by atoms with Crippen LogP contribution in [0.4, 0.5) is 0 Å². The molecule has 0 aliphatic rings. The van der Waals surface area contributed by atoms with Gasteiger partial charge in [-0.15, -0.1) is 0 Å². The highest BCUT2D eigenvalue weighted by atomic mass is 16.1. The largest absolute Gasteiger partial charge is 0.302 e. The van der Waals surface area contributed by atoms with Crippen LogP contribution in [0.3, 0.4) is 0 Å². The second-order valence-electron chi connectivity index (χ2n) is 6.72. The Labute approximate surface area is 126 Å². The summed E-state index contributed by atoms with van der Waals surface area (Å²) in [5.74, 6) is 0. The normalized spacial score (nSPS) is 12.3. The topological polar surface area (TPSA) is 37.6 Å². The molecule has 0 aliphatic carbocycles. The molecule has 0 saturated heterocycles. The minimum atomic E-state index is 0.0309. The zero-order valence-electron chi connectivity index (χ0n) is 13.7. The van der Waals surface area contributed by atoms with E-state index < -0.39 is 0 Å². The first kappa shape index (κ1) is 15.7. The summed E-state index contributed by atoms with van der Waals surface area (Å²) in [5.41, 5.74) is 2.73. The van der Waals surface area contributed by atoms with Crippen LogP contribution in [0.1, 0.15) is 45.2 Å². The summed E-state index contributed by atoms with van der Waals surface area (Å²) in [4.78, 5) is 19.1. The van der Waals surface area contributed by atoms with E-state index in [1.54, 1.807) is 10.6 Å². The smallest absolute Gasteiger partial charge is 0.262 e. The van der Waals surface area contributed by atoms with Crippen molar-refractivity contribution in [3.8, 4) is 0 Å². The van der Waals surface area contributed by atoms with Crippen molar-refractivity contribution < 1.29 is 0 Å². The van der Waals surface area contributed by atoms with Gasteiger partial charge >= 0.3 is 0 Å². The molecule has 21 heavy (non-hydrogen) atoms. The van der Waals surface area contributed by atoms with Gasteiger partial charge in [0, 0.05) is 18.9 Å². The van der Waals surface area contributed by atoms with E-state index in [1.165, 1.54) is 5.56 Å². The van der Waals surface area contributed by atoms with Gasteiger partial charge in [-0.05, 0) is 43.1 Å². The standard InChI is InChI=1S/C17H25N3O/c1-6-8-19(5)12-13-11-18-15-10-14(17(2,3)4)7-9-20(15)16(13)21/h7,9-11H,6,8,12H2,1-5H3. The van der Waals surface area contributed by atoms with E-state index in [-0.39, 0.29) is 11.0 Å². The lowest BCUT2D eigenvalue weighted by Crippen LogP contribution is -2.27. The number of aromatic nitrogens is 2. The Morgan fingerprint density at radius 3 is 2.67 bits per heavy atom. The second kappa shape index (κ2) is 5.98. The van der Waals surface area contributed by atoms with Gasteiger partial charge in [0.2, 0.25) is 0 Å². The van der Waals surface area contributed by atoms with Gasteiger partial charge in [0.05, 0.1) is 5.56 Å². The molecular formula is C17H25N3O. The first-order valence-electron chi connectivity index (χ1n) is 7.52. The van der Waals surface area contributed by atoms with Crippen molar-refractivity contribution in [3.63, 3.8) is 0 Å². The molecule has 2 aromatic rings. The van der Waals surface area contributed by atoms with Crippen LogP contribution in [-0.4, -0.2) is 27.9 Å². The van der Waals surface area contributed by atoms with E-state index in [4.69, 9.17) is 0 Å². The van der Waals surface area contributed by atoms with E-state index in [2.05, 4.69) is 37.6 Å². The summed E-state index contributed by atoms with van der Waals surface area (Å²) in [7, 11) is 2.03. The minimum Gasteiger partial charge on any atom is -0.302 e. The molecule has 0 radical (unpaired) electrons. The Kier molecular flexibility index (Phi) is 4.47. The van der Waals surface area contributed by atoms with Crippen LogP contribution in [0.25, 0.3) is 5.65 Å². The molecule has 114 valence electrons. The second-order valence-corrected chi connectivity index (χ2v) is 6.72. The lowest BCUT2D eigenvalue weighted by molar-refractivity contribution is 0.325. The number of pyridine rings is 1. The molecular weight excluding hydrogens is 262 g/mol. The van der Waals surface area contributed by atoms with Gasteiger partial charge in [0.25, 0.3) is 5.56 Å². The minimum absolute atomic E-state index is 0.0309. The highest BCUT2D eigenvalue weighted by molar-refractivity contribution is 5.43. The molecule has 2 rings (SSSR count). The lowest BCUT2D eigenvalue weighted by Gasteiger charge is -2.19. The van der Waals surface area contributed by atoms with Gasteiger partial charge in [-0.25, -0.2) is 4.98 Å². The Morgan fingerprint density at radius 1 is 1.33 bits per heavy atom. The van der Waals surface area contributed by atoms with E-state index in [0.717, 1.165) is 18.5 Å². The molecule has 0 bridgehead atoms. The van der Waals surface area contributed by atoms with Crippen LogP contribution in [-0.2, 0) is 12.0 Å². The fourth-order valence-electron chi connectivity index (χ4n) is 2.44. The fraction of sp³-hybridized carbons (Fsp3) is 0.529. The fourth-order valence-corrected chi connectivity index (χ4v) is 2.44. The van der Waals surface area contributed by atoms with E-state index in [1.807, 2.05) is 25.4 Å². The Morgan fingerprint density at radius 2 is 2.05 bits per heavy atom. The number of rotatable bonds is 4. The zero-order chi connectivity index (χ0) is 15.6. The number of hydrogen-bond donors (Lipinski definition) is 0. The zero-order valence-corrected chi connectivity index (χ0v) is 13.7. The molecule has 0 N–H and O–H groups in total. The van der Waals surface area contributed by atoms with E-state index in [0.29, 0.717) is 12.2 Å². The Hall–Kier alpha value is -1.68. The number of nitrogens with zero attached hydrogens (tertiary/aromatic N) is 3. The third-order valence-electron chi connectivity index (χ3n) is 3.69. The lowest BCUT2D eigenvalue weighted by atomic mass is 9.88. The number of fused-ring (bicyclic) bond motifs is 1. The maximum atomic E-state index is 12.5. The molecule has 0 aliphatic heterocycles. The quantitative estimate of drug-likeness (QED) is 0.868. The Bertz CT molecular complexity index is 682. The van der Waals surface area contributed by atoms with Crippen LogP contribution in [0.2, 0.25) is 0 Å². The van der Waals surface area contributed by atoms with E-state index in [9.17, 15) is 4.79 Å². The van der Waals surface area contributed by atoms with Crippen molar-refractivity contribution in [1.29, 1.82) is 0 Å². The van der Waals surface area contributed by atoms with Crippen molar-refractivity contribution >= 4 is 5.65 Å². The van der Waals surface area contributed by atoms with Crippen LogP contribution in [0.5, 0.6) is 0 Å². The van der Waals surface area contributed by atoms with Crippen LogP contribution in [0.15, 0.2) is 29.3 Å². The van der Waals surface area contributed by atoms with Crippen molar-refractivity contribution in [2.75, 3.05) is 13.6 Å². The van der Waals surface area contributed by atoms with Crippen LogP contribution in [0, 0.1) is 0 Å². The maximum Gasteiger partial charge on any atom is 0.262 e. The van der Waals surface area contributed by atoms with Gasteiger partial charge in [-0.3, -0.25) is 9.20 Å².